The van der Waals surface area contributed by atoms with Crippen LogP contribution < -0.4 is 5.32 Å². The molecule has 2 aliphatic rings. The average Bonchev–Trinajstić information content (AvgIpc) is 3.02. The number of aliphatic hydroxyl groups is 1. The lowest BCUT2D eigenvalue weighted by atomic mass is 10.0. The normalized spacial score (nSPS) is 18.7. The number of amides is 1. The molecule has 0 saturated carbocycles. The first-order valence-electron chi connectivity index (χ1n) is 9.50. The molecule has 4 rings (SSSR count). The molecule has 1 aromatic heterocycles. The van der Waals surface area contributed by atoms with Crippen LogP contribution in [0.15, 0.2) is 18.2 Å². The number of carbonyl (C=O) groups excluding carboxylic acids is 1. The number of benzene rings is 1. The smallest absolute Gasteiger partial charge is 0.253 e. The van der Waals surface area contributed by atoms with Crippen molar-refractivity contribution < 1.29 is 18.3 Å². The summed E-state index contributed by atoms with van der Waals surface area (Å²) in [7, 11) is -3.42. The topological polar surface area (TPSA) is 91.6 Å². The monoisotopic (exact) mass is 391 g/mol. The van der Waals surface area contributed by atoms with Gasteiger partial charge in [-0.05, 0) is 43.5 Å². The minimum absolute atomic E-state index is 0.0352. The maximum Gasteiger partial charge on any atom is 0.253 e. The highest BCUT2D eigenvalue weighted by Gasteiger charge is 2.28. The van der Waals surface area contributed by atoms with Crippen LogP contribution in [0.25, 0.3) is 10.9 Å². The standard InChI is InChI=1S/C19H25N3O4S/c1-2-27(25,26)22-17-4-3-13(19(24)21-9-6-14(23)7-10-21)11-15(17)16-12-20-8-5-18(16)22/h3-4,11,14,20,23H,2,5-10,12H2,1H3. The van der Waals surface area contributed by atoms with Crippen LogP contribution in [0.3, 0.4) is 0 Å². The first-order chi connectivity index (χ1) is 12.9. The number of aliphatic hydroxyl groups excluding tert-OH is 1. The first-order valence-corrected chi connectivity index (χ1v) is 11.1. The number of fused-ring (bicyclic) bond motifs is 3. The number of aromatic nitrogens is 1. The molecule has 1 saturated heterocycles. The molecule has 27 heavy (non-hydrogen) atoms. The summed E-state index contributed by atoms with van der Waals surface area (Å²) in [6, 6.07) is 5.30. The van der Waals surface area contributed by atoms with Crippen LogP contribution in [0.4, 0.5) is 0 Å². The number of carbonyl (C=O) groups is 1. The molecule has 0 spiro atoms. The van der Waals surface area contributed by atoms with Crippen LogP contribution in [0.2, 0.25) is 0 Å². The van der Waals surface area contributed by atoms with E-state index in [1.807, 2.05) is 6.07 Å². The van der Waals surface area contributed by atoms with E-state index < -0.39 is 10.0 Å². The second-order valence-corrected chi connectivity index (χ2v) is 9.38. The summed E-state index contributed by atoms with van der Waals surface area (Å²) in [6.45, 7) is 4.08. The highest BCUT2D eigenvalue weighted by Crippen LogP contribution is 2.31. The van der Waals surface area contributed by atoms with Crippen molar-refractivity contribution in [2.75, 3.05) is 25.4 Å². The molecule has 0 atom stereocenters. The summed E-state index contributed by atoms with van der Waals surface area (Å²) in [5.41, 5.74) is 3.02. The molecule has 146 valence electrons. The Balaban J connectivity index is 1.80. The summed E-state index contributed by atoms with van der Waals surface area (Å²) in [5, 5.41) is 13.8. The van der Waals surface area contributed by atoms with Crippen molar-refractivity contribution in [3.8, 4) is 0 Å². The van der Waals surface area contributed by atoms with E-state index in [9.17, 15) is 18.3 Å². The molecule has 7 nitrogen and oxygen atoms in total. The number of likely N-dealkylation sites (tertiary alicyclic amines) is 1. The van der Waals surface area contributed by atoms with Crippen molar-refractivity contribution in [1.29, 1.82) is 0 Å². The Morgan fingerprint density at radius 2 is 2.04 bits per heavy atom. The molecule has 0 bridgehead atoms. The van der Waals surface area contributed by atoms with Gasteiger partial charge in [-0.15, -0.1) is 0 Å². The number of piperidine rings is 1. The zero-order valence-corrected chi connectivity index (χ0v) is 16.3. The van der Waals surface area contributed by atoms with Crippen molar-refractivity contribution in [3.63, 3.8) is 0 Å². The summed E-state index contributed by atoms with van der Waals surface area (Å²) in [5.74, 6) is -0.0274. The van der Waals surface area contributed by atoms with E-state index >= 15 is 0 Å². The fraction of sp³-hybridized carbons (Fsp3) is 0.526. The third-order valence-electron chi connectivity index (χ3n) is 5.62. The minimum Gasteiger partial charge on any atom is -0.393 e. The highest BCUT2D eigenvalue weighted by atomic mass is 32.2. The Morgan fingerprint density at radius 1 is 1.30 bits per heavy atom. The van der Waals surface area contributed by atoms with Gasteiger partial charge in [0.1, 0.15) is 0 Å². The van der Waals surface area contributed by atoms with Crippen LogP contribution >= 0.6 is 0 Å². The second kappa shape index (κ2) is 6.92. The van der Waals surface area contributed by atoms with Gasteiger partial charge in [-0.25, -0.2) is 12.4 Å². The molecule has 3 heterocycles. The van der Waals surface area contributed by atoms with Gasteiger partial charge >= 0.3 is 0 Å². The summed E-state index contributed by atoms with van der Waals surface area (Å²) >= 11 is 0. The third-order valence-corrected chi connectivity index (χ3v) is 7.32. The van der Waals surface area contributed by atoms with Crippen LogP contribution in [-0.4, -0.2) is 59.8 Å². The summed E-state index contributed by atoms with van der Waals surface area (Å²) < 4.78 is 26.9. The zero-order valence-electron chi connectivity index (χ0n) is 15.4. The molecule has 0 unspecified atom stereocenters. The van der Waals surface area contributed by atoms with Gasteiger partial charge in [0.25, 0.3) is 5.91 Å². The number of hydrogen-bond acceptors (Lipinski definition) is 5. The van der Waals surface area contributed by atoms with Gasteiger partial charge in [0.05, 0.1) is 17.4 Å². The first kappa shape index (κ1) is 18.5. The van der Waals surface area contributed by atoms with Crippen LogP contribution in [0.5, 0.6) is 0 Å². The molecule has 2 N–H and O–H groups in total. The fourth-order valence-corrected chi connectivity index (χ4v) is 5.33. The molecular weight excluding hydrogens is 366 g/mol. The van der Waals surface area contributed by atoms with Crippen LogP contribution in [0.1, 0.15) is 41.4 Å². The predicted molar refractivity (Wildman–Crippen MR) is 103 cm³/mol. The Kier molecular flexibility index (Phi) is 4.73. The predicted octanol–water partition coefficient (Wildman–Crippen LogP) is 1.08. The quantitative estimate of drug-likeness (QED) is 0.817. The van der Waals surface area contributed by atoms with Gasteiger partial charge in [-0.1, -0.05) is 0 Å². The number of hydrogen-bond donors (Lipinski definition) is 2. The Labute approximate surface area is 159 Å². The number of nitrogens with one attached hydrogen (secondary N) is 1. The van der Waals surface area contributed by atoms with Gasteiger partial charge in [-0.2, -0.15) is 0 Å². The van der Waals surface area contributed by atoms with E-state index in [-0.39, 0.29) is 17.8 Å². The fourth-order valence-electron chi connectivity index (χ4n) is 4.08. The van der Waals surface area contributed by atoms with Gasteiger partial charge in [0.15, 0.2) is 0 Å². The van der Waals surface area contributed by atoms with Crippen molar-refractivity contribution >= 4 is 26.8 Å². The minimum atomic E-state index is -3.42. The molecule has 2 aliphatic heterocycles. The van der Waals surface area contributed by atoms with Gasteiger partial charge < -0.3 is 15.3 Å². The highest BCUT2D eigenvalue weighted by molar-refractivity contribution is 7.90. The summed E-state index contributed by atoms with van der Waals surface area (Å²) in [6.07, 6.45) is 1.51. The average molecular weight is 391 g/mol. The van der Waals surface area contributed by atoms with E-state index in [1.54, 1.807) is 24.0 Å². The van der Waals surface area contributed by atoms with E-state index in [1.165, 1.54) is 3.97 Å². The molecule has 0 radical (unpaired) electrons. The van der Waals surface area contributed by atoms with E-state index in [2.05, 4.69) is 5.32 Å². The Morgan fingerprint density at radius 3 is 2.74 bits per heavy atom. The second-order valence-electron chi connectivity index (χ2n) is 7.27. The van der Waals surface area contributed by atoms with E-state index in [4.69, 9.17) is 0 Å². The number of nitrogens with zero attached hydrogens (tertiary/aromatic N) is 2. The van der Waals surface area contributed by atoms with Crippen molar-refractivity contribution in [3.05, 3.63) is 35.0 Å². The largest absolute Gasteiger partial charge is 0.393 e. The Bertz CT molecular complexity index is 988. The molecule has 2 aromatic rings. The molecule has 1 fully saturated rings. The zero-order chi connectivity index (χ0) is 19.2. The molecule has 1 aromatic carbocycles. The van der Waals surface area contributed by atoms with Gasteiger partial charge in [0.2, 0.25) is 10.0 Å². The van der Waals surface area contributed by atoms with Crippen molar-refractivity contribution in [2.24, 2.45) is 0 Å². The maximum absolute atomic E-state index is 12.9. The van der Waals surface area contributed by atoms with Gasteiger partial charge in [-0.3, -0.25) is 4.79 Å². The molecule has 1 amide bonds. The lowest BCUT2D eigenvalue weighted by Gasteiger charge is -2.29. The van der Waals surface area contributed by atoms with Gasteiger partial charge in [0, 0.05) is 49.2 Å². The van der Waals surface area contributed by atoms with Crippen LogP contribution in [0, 0.1) is 0 Å². The molecule has 8 heteroatoms. The third kappa shape index (κ3) is 3.15. The van der Waals surface area contributed by atoms with E-state index in [0.717, 1.165) is 23.2 Å². The van der Waals surface area contributed by atoms with Crippen LogP contribution in [-0.2, 0) is 23.0 Å². The Hall–Kier alpha value is -1.90. The molecular formula is C19H25N3O4S. The lowest BCUT2D eigenvalue weighted by Crippen LogP contribution is -2.40. The van der Waals surface area contributed by atoms with Crippen molar-refractivity contribution in [2.45, 2.75) is 38.8 Å². The van der Waals surface area contributed by atoms with E-state index in [0.29, 0.717) is 50.0 Å². The molecule has 0 aliphatic carbocycles. The SMILES string of the molecule is CCS(=O)(=O)n1c2c(c3cc(C(=O)N4CCC(O)CC4)ccc31)CNCC2. The lowest BCUT2D eigenvalue weighted by molar-refractivity contribution is 0.0546. The summed E-state index contributed by atoms with van der Waals surface area (Å²) in [4.78, 5) is 14.6. The maximum atomic E-state index is 12.9. The van der Waals surface area contributed by atoms with Crippen molar-refractivity contribution in [1.82, 2.24) is 14.2 Å². The number of rotatable bonds is 3.